The SMILES string of the molecule is CCC(O)(CC)CCC1CCC2/C(=C/C=C3CC(O)C[C@H](O)C3)CCC[C@]12C. The average molecular weight is 391 g/mol. The molecular formula is C25H42O3. The van der Waals surface area contributed by atoms with E-state index in [2.05, 4.69) is 32.9 Å². The van der Waals surface area contributed by atoms with E-state index in [1.807, 2.05) is 0 Å². The molecule has 3 aliphatic carbocycles. The fourth-order valence-corrected chi connectivity index (χ4v) is 6.40. The van der Waals surface area contributed by atoms with Crippen molar-refractivity contribution in [1.82, 2.24) is 0 Å². The summed E-state index contributed by atoms with van der Waals surface area (Å²) in [7, 11) is 0. The van der Waals surface area contributed by atoms with E-state index in [4.69, 9.17) is 0 Å². The minimum Gasteiger partial charge on any atom is -0.393 e. The molecule has 160 valence electrons. The highest BCUT2D eigenvalue weighted by molar-refractivity contribution is 5.26. The molecule has 0 heterocycles. The van der Waals surface area contributed by atoms with Gasteiger partial charge in [-0.2, -0.15) is 0 Å². The number of hydrogen-bond donors (Lipinski definition) is 3. The van der Waals surface area contributed by atoms with Crippen LogP contribution >= 0.6 is 0 Å². The van der Waals surface area contributed by atoms with Gasteiger partial charge in [-0.15, -0.1) is 0 Å². The van der Waals surface area contributed by atoms with Crippen molar-refractivity contribution in [3.8, 4) is 0 Å². The second kappa shape index (κ2) is 9.02. The topological polar surface area (TPSA) is 60.7 Å². The molecule has 0 aromatic rings. The van der Waals surface area contributed by atoms with Crippen LogP contribution in [0.5, 0.6) is 0 Å². The van der Waals surface area contributed by atoms with Crippen LogP contribution in [0.3, 0.4) is 0 Å². The van der Waals surface area contributed by atoms with Crippen molar-refractivity contribution in [1.29, 1.82) is 0 Å². The Hall–Kier alpha value is -0.640. The third-order valence-corrected chi connectivity index (χ3v) is 8.51. The van der Waals surface area contributed by atoms with Gasteiger partial charge in [-0.3, -0.25) is 0 Å². The smallest absolute Gasteiger partial charge is 0.0642 e. The number of hydrogen-bond acceptors (Lipinski definition) is 3. The minimum absolute atomic E-state index is 0.372. The van der Waals surface area contributed by atoms with Crippen LogP contribution in [0.4, 0.5) is 0 Å². The highest BCUT2D eigenvalue weighted by Crippen LogP contribution is 2.59. The molecular weight excluding hydrogens is 348 g/mol. The molecule has 0 radical (unpaired) electrons. The highest BCUT2D eigenvalue weighted by Gasteiger charge is 2.49. The maximum Gasteiger partial charge on any atom is 0.0642 e. The van der Waals surface area contributed by atoms with Crippen LogP contribution in [0, 0.1) is 17.3 Å². The molecule has 28 heavy (non-hydrogen) atoms. The quantitative estimate of drug-likeness (QED) is 0.577. The first-order valence-corrected chi connectivity index (χ1v) is 11.8. The summed E-state index contributed by atoms with van der Waals surface area (Å²) in [4.78, 5) is 0. The summed E-state index contributed by atoms with van der Waals surface area (Å²) in [6.07, 6.45) is 15.8. The van der Waals surface area contributed by atoms with E-state index in [1.54, 1.807) is 5.57 Å². The molecule has 3 saturated carbocycles. The molecule has 0 amide bonds. The number of aliphatic hydroxyl groups is 3. The Balaban J connectivity index is 1.69. The molecule has 3 nitrogen and oxygen atoms in total. The van der Waals surface area contributed by atoms with Crippen LogP contribution in [0.1, 0.15) is 97.8 Å². The van der Waals surface area contributed by atoms with Crippen LogP contribution in [-0.4, -0.2) is 33.1 Å². The van der Waals surface area contributed by atoms with Gasteiger partial charge in [-0.05, 0) is 94.3 Å². The fraction of sp³-hybridized carbons (Fsp3) is 0.840. The second-order valence-corrected chi connectivity index (χ2v) is 10.2. The second-order valence-electron chi connectivity index (χ2n) is 10.2. The molecule has 3 rings (SSSR count). The molecule has 3 fully saturated rings. The van der Waals surface area contributed by atoms with Gasteiger partial charge in [0.25, 0.3) is 0 Å². The Labute approximate surface area is 171 Å². The maximum absolute atomic E-state index is 10.7. The molecule has 0 bridgehead atoms. The van der Waals surface area contributed by atoms with Gasteiger partial charge in [0.2, 0.25) is 0 Å². The van der Waals surface area contributed by atoms with E-state index in [9.17, 15) is 15.3 Å². The first-order valence-electron chi connectivity index (χ1n) is 11.8. The fourth-order valence-electron chi connectivity index (χ4n) is 6.40. The Morgan fingerprint density at radius 2 is 1.75 bits per heavy atom. The third kappa shape index (κ3) is 4.74. The molecule has 3 aliphatic rings. The standard InChI is InChI=1S/C25H42O3/c1-4-25(28,5-2)14-12-20-10-11-23-19(7-6-13-24(20,23)3)9-8-18-15-21(26)17-22(27)16-18/h8-9,20-23,26-28H,4-7,10-17H2,1-3H3/b18-8?,19-9+/t20?,21-,22?,23?,24-/m1/s1. The summed E-state index contributed by atoms with van der Waals surface area (Å²) in [6.45, 7) is 6.72. The van der Waals surface area contributed by atoms with E-state index >= 15 is 0 Å². The number of aliphatic hydroxyl groups excluding tert-OH is 2. The Morgan fingerprint density at radius 3 is 2.39 bits per heavy atom. The number of rotatable bonds is 6. The summed E-state index contributed by atoms with van der Waals surface area (Å²) in [5.41, 5.74) is 2.67. The predicted octanol–water partition coefficient (Wildman–Crippen LogP) is 5.29. The van der Waals surface area contributed by atoms with Crippen molar-refractivity contribution in [2.45, 2.75) is 116 Å². The Kier molecular flexibility index (Phi) is 7.10. The lowest BCUT2D eigenvalue weighted by atomic mass is 9.62. The molecule has 3 unspecified atom stereocenters. The van der Waals surface area contributed by atoms with Crippen LogP contribution in [-0.2, 0) is 0 Å². The summed E-state index contributed by atoms with van der Waals surface area (Å²) in [5.74, 6) is 1.38. The van der Waals surface area contributed by atoms with E-state index in [0.717, 1.165) is 31.6 Å². The Bertz CT molecular complexity index is 577. The average Bonchev–Trinajstić information content (AvgIpc) is 3.00. The van der Waals surface area contributed by atoms with Gasteiger partial charge in [0.05, 0.1) is 17.8 Å². The molecule has 0 spiro atoms. The highest BCUT2D eigenvalue weighted by atomic mass is 16.3. The van der Waals surface area contributed by atoms with Crippen LogP contribution < -0.4 is 0 Å². The first-order chi connectivity index (χ1) is 13.3. The van der Waals surface area contributed by atoms with Gasteiger partial charge in [0.15, 0.2) is 0 Å². The molecule has 0 saturated heterocycles. The maximum atomic E-state index is 10.7. The van der Waals surface area contributed by atoms with Crippen molar-refractivity contribution in [2.75, 3.05) is 0 Å². The summed E-state index contributed by atoms with van der Waals surface area (Å²) < 4.78 is 0. The zero-order valence-corrected chi connectivity index (χ0v) is 18.3. The lowest BCUT2D eigenvalue weighted by Gasteiger charge is -2.43. The molecule has 3 N–H and O–H groups in total. The molecule has 0 aliphatic heterocycles. The predicted molar refractivity (Wildman–Crippen MR) is 115 cm³/mol. The van der Waals surface area contributed by atoms with Gasteiger partial charge >= 0.3 is 0 Å². The van der Waals surface area contributed by atoms with Gasteiger partial charge < -0.3 is 15.3 Å². The van der Waals surface area contributed by atoms with E-state index in [0.29, 0.717) is 30.6 Å². The van der Waals surface area contributed by atoms with Crippen molar-refractivity contribution >= 4 is 0 Å². The van der Waals surface area contributed by atoms with Crippen molar-refractivity contribution < 1.29 is 15.3 Å². The molecule has 5 atom stereocenters. The lowest BCUT2D eigenvalue weighted by molar-refractivity contribution is 0.00882. The number of fused-ring (bicyclic) bond motifs is 1. The first kappa shape index (κ1) is 22.1. The summed E-state index contributed by atoms with van der Waals surface area (Å²) in [6, 6.07) is 0. The number of allylic oxidation sites excluding steroid dienone is 3. The molecule has 0 aromatic carbocycles. The molecule has 3 heteroatoms. The zero-order chi connectivity index (χ0) is 20.4. The summed E-state index contributed by atoms with van der Waals surface area (Å²) in [5, 5.41) is 30.6. The lowest BCUT2D eigenvalue weighted by Crippen LogP contribution is -2.35. The Morgan fingerprint density at radius 1 is 1.07 bits per heavy atom. The monoisotopic (exact) mass is 390 g/mol. The largest absolute Gasteiger partial charge is 0.393 e. The van der Waals surface area contributed by atoms with Crippen molar-refractivity contribution in [3.05, 3.63) is 23.3 Å². The summed E-state index contributed by atoms with van der Waals surface area (Å²) >= 11 is 0. The van der Waals surface area contributed by atoms with Crippen molar-refractivity contribution in [3.63, 3.8) is 0 Å². The molecule has 0 aromatic heterocycles. The third-order valence-electron chi connectivity index (χ3n) is 8.51. The van der Waals surface area contributed by atoms with Crippen LogP contribution in [0.15, 0.2) is 23.3 Å². The normalized spacial score (nSPS) is 39.5. The van der Waals surface area contributed by atoms with E-state index in [-0.39, 0.29) is 0 Å². The van der Waals surface area contributed by atoms with Gasteiger partial charge in [0.1, 0.15) is 0 Å². The van der Waals surface area contributed by atoms with Gasteiger partial charge in [-0.25, -0.2) is 0 Å². The minimum atomic E-state index is -0.477. The van der Waals surface area contributed by atoms with Crippen molar-refractivity contribution in [2.24, 2.45) is 17.3 Å². The van der Waals surface area contributed by atoms with E-state index in [1.165, 1.54) is 37.7 Å². The van der Waals surface area contributed by atoms with E-state index < -0.39 is 17.8 Å². The zero-order valence-electron chi connectivity index (χ0n) is 18.3. The van der Waals surface area contributed by atoms with Crippen LogP contribution in [0.25, 0.3) is 0 Å². The van der Waals surface area contributed by atoms with Gasteiger partial charge in [-0.1, -0.05) is 44.1 Å². The van der Waals surface area contributed by atoms with Gasteiger partial charge in [0, 0.05) is 0 Å². The van der Waals surface area contributed by atoms with Crippen LogP contribution in [0.2, 0.25) is 0 Å².